The lowest BCUT2D eigenvalue weighted by molar-refractivity contribution is 0.0773. The summed E-state index contributed by atoms with van der Waals surface area (Å²) in [5, 5.41) is 2.88. The first-order valence-electron chi connectivity index (χ1n) is 7.93. The smallest absolute Gasteiger partial charge is 0.256 e. The van der Waals surface area contributed by atoms with E-state index >= 15 is 0 Å². The van der Waals surface area contributed by atoms with Crippen molar-refractivity contribution < 1.29 is 9.59 Å². The van der Waals surface area contributed by atoms with Crippen LogP contribution in [0.1, 0.15) is 40.1 Å². The predicted molar refractivity (Wildman–Crippen MR) is 106 cm³/mol. The number of hydrogen-bond donors (Lipinski definition) is 1. The number of nitrogens with one attached hydrogen (secondary N) is 1. The molecule has 0 aliphatic rings. The lowest BCUT2D eigenvalue weighted by Crippen LogP contribution is -2.30. The highest BCUT2D eigenvalue weighted by molar-refractivity contribution is 14.1. The Morgan fingerprint density at radius 1 is 1.04 bits per heavy atom. The maximum Gasteiger partial charge on any atom is 0.256 e. The van der Waals surface area contributed by atoms with Crippen molar-refractivity contribution in [3.05, 3.63) is 62.7 Å². The fourth-order valence-electron chi connectivity index (χ4n) is 2.41. The number of amides is 2. The molecule has 126 valence electrons. The monoisotopic (exact) mass is 436 g/mol. The first-order chi connectivity index (χ1) is 11.5. The Labute approximate surface area is 156 Å². The fourth-order valence-corrected chi connectivity index (χ4v) is 3.02. The highest BCUT2D eigenvalue weighted by atomic mass is 127. The van der Waals surface area contributed by atoms with E-state index in [0.29, 0.717) is 29.9 Å². The molecule has 0 radical (unpaired) electrons. The Hall–Kier alpha value is -1.89. The first kappa shape index (κ1) is 18.4. The lowest BCUT2D eigenvalue weighted by atomic mass is 10.1. The molecule has 2 amide bonds. The Morgan fingerprint density at radius 3 is 2.25 bits per heavy atom. The lowest BCUT2D eigenvalue weighted by Gasteiger charge is -2.18. The summed E-state index contributed by atoms with van der Waals surface area (Å²) in [6.07, 6.45) is 0. The highest BCUT2D eigenvalue weighted by Gasteiger charge is 2.14. The average Bonchev–Trinajstić information content (AvgIpc) is 2.59. The van der Waals surface area contributed by atoms with E-state index in [1.807, 2.05) is 39.0 Å². The van der Waals surface area contributed by atoms with Gasteiger partial charge >= 0.3 is 0 Å². The molecular weight excluding hydrogens is 415 g/mol. The van der Waals surface area contributed by atoms with Crippen LogP contribution in [-0.2, 0) is 0 Å². The van der Waals surface area contributed by atoms with Crippen molar-refractivity contribution in [2.75, 3.05) is 18.4 Å². The molecule has 2 aromatic rings. The molecule has 0 heterocycles. The van der Waals surface area contributed by atoms with Crippen molar-refractivity contribution in [2.45, 2.75) is 20.8 Å². The largest absolute Gasteiger partial charge is 0.339 e. The van der Waals surface area contributed by atoms with Crippen molar-refractivity contribution in [1.29, 1.82) is 0 Å². The van der Waals surface area contributed by atoms with Crippen LogP contribution in [0.3, 0.4) is 0 Å². The van der Waals surface area contributed by atoms with Crippen LogP contribution in [0.2, 0.25) is 0 Å². The third kappa shape index (κ3) is 4.14. The van der Waals surface area contributed by atoms with Crippen LogP contribution in [0.25, 0.3) is 0 Å². The van der Waals surface area contributed by atoms with Gasteiger partial charge in [-0.15, -0.1) is 0 Å². The molecule has 0 aromatic heterocycles. The second kappa shape index (κ2) is 8.28. The summed E-state index contributed by atoms with van der Waals surface area (Å²) >= 11 is 2.18. The van der Waals surface area contributed by atoms with Crippen molar-refractivity contribution in [1.82, 2.24) is 4.90 Å². The van der Waals surface area contributed by atoms with Gasteiger partial charge in [0.1, 0.15) is 0 Å². The minimum atomic E-state index is -0.147. The summed E-state index contributed by atoms with van der Waals surface area (Å²) in [4.78, 5) is 26.5. The SMILES string of the molecule is CCN(CC)C(=O)c1ccc(NC(=O)c2cccc(C)c2I)cc1. The molecule has 0 bridgehead atoms. The molecule has 1 N–H and O–H groups in total. The van der Waals surface area contributed by atoms with E-state index < -0.39 is 0 Å². The molecule has 0 aliphatic heterocycles. The van der Waals surface area contributed by atoms with Crippen LogP contribution in [0.5, 0.6) is 0 Å². The maximum absolute atomic E-state index is 12.4. The van der Waals surface area contributed by atoms with Crippen LogP contribution >= 0.6 is 22.6 Å². The summed E-state index contributed by atoms with van der Waals surface area (Å²) in [6.45, 7) is 7.25. The maximum atomic E-state index is 12.4. The topological polar surface area (TPSA) is 49.4 Å². The van der Waals surface area contributed by atoms with Crippen LogP contribution in [0, 0.1) is 10.5 Å². The number of carbonyl (C=O) groups is 2. The number of nitrogens with zero attached hydrogens (tertiary/aromatic N) is 1. The van der Waals surface area contributed by atoms with Gasteiger partial charge in [0.05, 0.1) is 5.56 Å². The Balaban J connectivity index is 2.13. The summed E-state index contributed by atoms with van der Waals surface area (Å²) < 4.78 is 0.945. The molecule has 4 nitrogen and oxygen atoms in total. The summed E-state index contributed by atoms with van der Waals surface area (Å²) in [7, 11) is 0. The van der Waals surface area contributed by atoms with Crippen molar-refractivity contribution in [2.24, 2.45) is 0 Å². The molecule has 0 atom stereocenters. The van der Waals surface area contributed by atoms with Gasteiger partial charge in [-0.1, -0.05) is 12.1 Å². The number of aryl methyl sites for hydroxylation is 1. The summed E-state index contributed by atoms with van der Waals surface area (Å²) in [6, 6.07) is 12.7. The molecule has 0 saturated heterocycles. The molecule has 5 heteroatoms. The predicted octanol–water partition coefficient (Wildman–Crippen LogP) is 4.33. The molecule has 0 unspecified atom stereocenters. The number of hydrogen-bond acceptors (Lipinski definition) is 2. The molecule has 0 spiro atoms. The quantitative estimate of drug-likeness (QED) is 0.710. The third-order valence-electron chi connectivity index (χ3n) is 3.88. The average molecular weight is 436 g/mol. The molecule has 24 heavy (non-hydrogen) atoms. The van der Waals surface area contributed by atoms with Crippen molar-refractivity contribution >= 4 is 40.1 Å². The van der Waals surface area contributed by atoms with Gasteiger partial charge in [0.25, 0.3) is 11.8 Å². The van der Waals surface area contributed by atoms with Gasteiger partial charge in [-0.3, -0.25) is 9.59 Å². The third-order valence-corrected chi connectivity index (χ3v) is 5.31. The summed E-state index contributed by atoms with van der Waals surface area (Å²) in [5.41, 5.74) is 3.03. The molecular formula is C19H21IN2O2. The van der Waals surface area contributed by atoms with Crippen molar-refractivity contribution in [3.63, 3.8) is 0 Å². The molecule has 0 saturated carbocycles. The molecule has 2 aromatic carbocycles. The number of carbonyl (C=O) groups excluding carboxylic acids is 2. The van der Waals surface area contributed by atoms with Gasteiger partial charge in [0, 0.05) is 27.9 Å². The second-order valence-electron chi connectivity index (χ2n) is 5.45. The molecule has 0 fully saturated rings. The van der Waals surface area contributed by atoms with Gasteiger partial charge in [0.15, 0.2) is 0 Å². The van der Waals surface area contributed by atoms with Gasteiger partial charge < -0.3 is 10.2 Å². The van der Waals surface area contributed by atoms with E-state index in [2.05, 4.69) is 27.9 Å². The van der Waals surface area contributed by atoms with E-state index in [0.717, 1.165) is 9.13 Å². The Bertz CT molecular complexity index is 738. The second-order valence-corrected chi connectivity index (χ2v) is 6.52. The van der Waals surface area contributed by atoms with Crippen LogP contribution in [0.15, 0.2) is 42.5 Å². The van der Waals surface area contributed by atoms with Crippen LogP contribution in [0.4, 0.5) is 5.69 Å². The van der Waals surface area contributed by atoms with E-state index in [1.165, 1.54) is 0 Å². The minimum Gasteiger partial charge on any atom is -0.339 e. The molecule has 0 aliphatic carbocycles. The Morgan fingerprint density at radius 2 is 1.67 bits per heavy atom. The number of anilines is 1. The first-order valence-corrected chi connectivity index (χ1v) is 9.01. The Kier molecular flexibility index (Phi) is 6.36. The van der Waals surface area contributed by atoms with Gasteiger partial charge in [-0.2, -0.15) is 0 Å². The normalized spacial score (nSPS) is 10.3. The summed E-state index contributed by atoms with van der Waals surface area (Å²) in [5.74, 6) is -0.142. The number of rotatable bonds is 5. The van der Waals surface area contributed by atoms with Crippen LogP contribution < -0.4 is 5.32 Å². The zero-order valence-electron chi connectivity index (χ0n) is 14.1. The van der Waals surface area contributed by atoms with E-state index in [1.54, 1.807) is 29.2 Å². The standard InChI is InChI=1S/C19H21IN2O2/c1-4-22(5-2)19(24)14-9-11-15(12-10-14)21-18(23)16-8-6-7-13(3)17(16)20/h6-12H,4-5H2,1-3H3,(H,21,23). The van der Waals surface area contributed by atoms with Gasteiger partial charge in [-0.25, -0.2) is 0 Å². The van der Waals surface area contributed by atoms with E-state index in [9.17, 15) is 9.59 Å². The van der Waals surface area contributed by atoms with Gasteiger partial charge in [-0.05, 0) is 79.3 Å². The fraction of sp³-hybridized carbons (Fsp3) is 0.263. The number of halogens is 1. The number of benzene rings is 2. The molecule has 2 rings (SSSR count). The van der Waals surface area contributed by atoms with E-state index in [4.69, 9.17) is 0 Å². The van der Waals surface area contributed by atoms with Crippen LogP contribution in [-0.4, -0.2) is 29.8 Å². The van der Waals surface area contributed by atoms with Crippen molar-refractivity contribution in [3.8, 4) is 0 Å². The zero-order chi connectivity index (χ0) is 17.7. The minimum absolute atomic E-state index is 0.00566. The zero-order valence-corrected chi connectivity index (χ0v) is 16.3. The van der Waals surface area contributed by atoms with Gasteiger partial charge in [0.2, 0.25) is 0 Å². The van der Waals surface area contributed by atoms with E-state index in [-0.39, 0.29) is 11.8 Å². The highest BCUT2D eigenvalue weighted by Crippen LogP contribution is 2.19.